The average Bonchev–Trinajstić information content (AvgIpc) is 2.70. The van der Waals surface area contributed by atoms with Gasteiger partial charge in [0.2, 0.25) is 5.91 Å². The van der Waals surface area contributed by atoms with Crippen LogP contribution < -0.4 is 5.32 Å². The molecule has 1 atom stereocenters. The van der Waals surface area contributed by atoms with Gasteiger partial charge in [0.25, 0.3) is 0 Å². The zero-order valence-corrected chi connectivity index (χ0v) is 17.2. The van der Waals surface area contributed by atoms with Crippen LogP contribution in [0, 0.1) is 5.92 Å². The van der Waals surface area contributed by atoms with Crippen LogP contribution in [0.5, 0.6) is 0 Å². The normalized spacial score (nSPS) is 15.9. The first-order valence-corrected chi connectivity index (χ1v) is 11.2. The number of carbonyl (C=O) groups excluding carboxylic acids is 1. The Hall–Kier alpha value is -1.84. The molecular formula is C24H37NO3. The Morgan fingerprint density at radius 2 is 1.68 bits per heavy atom. The Morgan fingerprint density at radius 1 is 0.964 bits per heavy atom. The summed E-state index contributed by atoms with van der Waals surface area (Å²) < 4.78 is 0. The number of carboxylic acids is 1. The van der Waals surface area contributed by atoms with Crippen LogP contribution >= 0.6 is 0 Å². The van der Waals surface area contributed by atoms with Crippen LogP contribution in [0.25, 0.3) is 0 Å². The lowest BCUT2D eigenvalue weighted by Crippen LogP contribution is -2.37. The van der Waals surface area contributed by atoms with E-state index in [0.717, 1.165) is 38.5 Å². The van der Waals surface area contributed by atoms with Crippen molar-refractivity contribution in [2.45, 2.75) is 95.9 Å². The van der Waals surface area contributed by atoms with Crippen molar-refractivity contribution in [3.8, 4) is 0 Å². The summed E-state index contributed by atoms with van der Waals surface area (Å²) in [5, 5.41) is 12.1. The lowest BCUT2D eigenvalue weighted by molar-refractivity contribution is -0.137. The van der Waals surface area contributed by atoms with E-state index < -0.39 is 5.97 Å². The minimum atomic E-state index is -0.777. The van der Waals surface area contributed by atoms with Gasteiger partial charge in [0.15, 0.2) is 0 Å². The van der Waals surface area contributed by atoms with E-state index in [9.17, 15) is 9.59 Å². The molecule has 0 radical (unpaired) electrons. The van der Waals surface area contributed by atoms with Crippen LogP contribution in [0.15, 0.2) is 30.3 Å². The smallest absolute Gasteiger partial charge is 0.303 e. The number of carboxylic acid groups (broad SMARTS) is 1. The predicted molar refractivity (Wildman–Crippen MR) is 113 cm³/mol. The molecule has 1 amide bonds. The molecule has 0 heterocycles. The molecule has 28 heavy (non-hydrogen) atoms. The average molecular weight is 388 g/mol. The van der Waals surface area contributed by atoms with E-state index in [1.165, 1.54) is 37.7 Å². The van der Waals surface area contributed by atoms with E-state index in [0.29, 0.717) is 18.8 Å². The summed E-state index contributed by atoms with van der Waals surface area (Å²) in [6, 6.07) is 10.5. The second-order valence-electron chi connectivity index (χ2n) is 8.34. The Labute approximate surface area is 170 Å². The first-order valence-electron chi connectivity index (χ1n) is 11.2. The summed E-state index contributed by atoms with van der Waals surface area (Å²) in [6.07, 6.45) is 13.9. The van der Waals surface area contributed by atoms with Gasteiger partial charge in [-0.1, -0.05) is 75.3 Å². The molecule has 1 saturated carbocycles. The maximum absolute atomic E-state index is 12.3. The lowest BCUT2D eigenvalue weighted by atomic mass is 9.84. The highest BCUT2D eigenvalue weighted by atomic mass is 16.4. The van der Waals surface area contributed by atoms with Gasteiger partial charge in [0.1, 0.15) is 0 Å². The van der Waals surface area contributed by atoms with Crippen molar-refractivity contribution < 1.29 is 14.7 Å². The number of hydrogen-bond acceptors (Lipinski definition) is 2. The quantitative estimate of drug-likeness (QED) is 0.439. The van der Waals surface area contributed by atoms with Gasteiger partial charge in [-0.25, -0.2) is 0 Å². The van der Waals surface area contributed by atoms with Gasteiger partial charge in [-0.3, -0.25) is 9.59 Å². The SMILES string of the molecule is O=C(O)CCC(CC1CCCCC1)NC(=O)CCCCCCc1ccccc1. The summed E-state index contributed by atoms with van der Waals surface area (Å²) >= 11 is 0. The van der Waals surface area contributed by atoms with Crippen molar-refractivity contribution in [2.24, 2.45) is 5.92 Å². The fourth-order valence-corrected chi connectivity index (χ4v) is 4.28. The van der Waals surface area contributed by atoms with E-state index >= 15 is 0 Å². The van der Waals surface area contributed by atoms with Crippen molar-refractivity contribution in [2.75, 3.05) is 0 Å². The van der Waals surface area contributed by atoms with E-state index in [-0.39, 0.29) is 18.4 Å². The highest BCUT2D eigenvalue weighted by Crippen LogP contribution is 2.28. The number of aryl methyl sites for hydroxylation is 1. The van der Waals surface area contributed by atoms with Gasteiger partial charge in [0.05, 0.1) is 0 Å². The third-order valence-corrected chi connectivity index (χ3v) is 5.88. The Bertz CT molecular complexity index is 566. The molecule has 1 aromatic rings. The standard InChI is InChI=1S/C24H37NO3/c26-23(16-10-2-1-5-11-20-12-6-3-7-13-20)25-22(17-18-24(27)28)19-21-14-8-4-9-15-21/h3,6-7,12-13,21-22H,1-2,4-5,8-11,14-19H2,(H,25,26)(H,27,28). The summed E-state index contributed by atoms with van der Waals surface area (Å²) in [4.78, 5) is 23.3. The third kappa shape index (κ3) is 9.91. The first-order chi connectivity index (χ1) is 13.6. The molecule has 0 bridgehead atoms. The number of nitrogens with one attached hydrogen (secondary N) is 1. The van der Waals surface area contributed by atoms with Crippen LogP contribution in [-0.4, -0.2) is 23.0 Å². The van der Waals surface area contributed by atoms with Crippen molar-refractivity contribution in [3.63, 3.8) is 0 Å². The molecule has 1 aliphatic carbocycles. The highest BCUT2D eigenvalue weighted by molar-refractivity contribution is 5.76. The van der Waals surface area contributed by atoms with Crippen LogP contribution in [0.4, 0.5) is 0 Å². The molecule has 0 aliphatic heterocycles. The molecule has 1 aromatic carbocycles. The van der Waals surface area contributed by atoms with Gasteiger partial charge < -0.3 is 10.4 Å². The maximum Gasteiger partial charge on any atom is 0.303 e. The summed E-state index contributed by atoms with van der Waals surface area (Å²) in [5.74, 6) is -0.0404. The van der Waals surface area contributed by atoms with Crippen LogP contribution in [0.1, 0.15) is 89.0 Å². The lowest BCUT2D eigenvalue weighted by Gasteiger charge is -2.27. The van der Waals surface area contributed by atoms with Gasteiger partial charge in [-0.15, -0.1) is 0 Å². The molecule has 156 valence electrons. The summed E-state index contributed by atoms with van der Waals surface area (Å²) in [6.45, 7) is 0. The fourth-order valence-electron chi connectivity index (χ4n) is 4.28. The van der Waals surface area contributed by atoms with E-state index in [1.54, 1.807) is 0 Å². The number of carbonyl (C=O) groups is 2. The summed E-state index contributed by atoms with van der Waals surface area (Å²) in [5.41, 5.74) is 1.38. The molecule has 1 aliphatic rings. The van der Waals surface area contributed by atoms with E-state index in [4.69, 9.17) is 5.11 Å². The van der Waals surface area contributed by atoms with Crippen LogP contribution in [0.2, 0.25) is 0 Å². The van der Waals surface area contributed by atoms with Crippen molar-refractivity contribution >= 4 is 11.9 Å². The molecule has 0 aromatic heterocycles. The number of hydrogen-bond donors (Lipinski definition) is 2. The zero-order chi connectivity index (χ0) is 20.0. The number of aliphatic carboxylic acids is 1. The predicted octanol–water partition coefficient (Wildman–Crippen LogP) is 5.50. The third-order valence-electron chi connectivity index (χ3n) is 5.88. The molecule has 0 spiro atoms. The molecule has 1 unspecified atom stereocenters. The topological polar surface area (TPSA) is 66.4 Å². The molecule has 4 heteroatoms. The van der Waals surface area contributed by atoms with Crippen molar-refractivity contribution in [1.29, 1.82) is 0 Å². The van der Waals surface area contributed by atoms with Gasteiger partial charge >= 0.3 is 5.97 Å². The second-order valence-corrected chi connectivity index (χ2v) is 8.34. The number of unbranched alkanes of at least 4 members (excludes halogenated alkanes) is 3. The Balaban J connectivity index is 1.61. The summed E-state index contributed by atoms with van der Waals surface area (Å²) in [7, 11) is 0. The van der Waals surface area contributed by atoms with E-state index in [1.807, 2.05) is 6.07 Å². The molecule has 0 saturated heterocycles. The molecule has 4 nitrogen and oxygen atoms in total. The molecule has 1 fully saturated rings. The monoisotopic (exact) mass is 387 g/mol. The second kappa shape index (κ2) is 13.4. The zero-order valence-electron chi connectivity index (χ0n) is 17.2. The van der Waals surface area contributed by atoms with Gasteiger partial charge in [-0.2, -0.15) is 0 Å². The minimum absolute atomic E-state index is 0.0183. The number of amides is 1. The van der Waals surface area contributed by atoms with Gasteiger partial charge in [-0.05, 0) is 43.6 Å². The maximum atomic E-state index is 12.3. The van der Waals surface area contributed by atoms with E-state index in [2.05, 4.69) is 29.6 Å². The molecule has 2 N–H and O–H groups in total. The largest absolute Gasteiger partial charge is 0.481 e. The Morgan fingerprint density at radius 3 is 2.39 bits per heavy atom. The fraction of sp³-hybridized carbons (Fsp3) is 0.667. The number of rotatable bonds is 13. The van der Waals surface area contributed by atoms with Crippen LogP contribution in [-0.2, 0) is 16.0 Å². The van der Waals surface area contributed by atoms with Crippen molar-refractivity contribution in [3.05, 3.63) is 35.9 Å². The Kier molecular flexibility index (Phi) is 10.7. The minimum Gasteiger partial charge on any atom is -0.481 e. The van der Waals surface area contributed by atoms with Gasteiger partial charge in [0, 0.05) is 18.9 Å². The number of benzene rings is 1. The van der Waals surface area contributed by atoms with Crippen molar-refractivity contribution in [1.82, 2.24) is 5.32 Å². The van der Waals surface area contributed by atoms with Crippen LogP contribution in [0.3, 0.4) is 0 Å². The molecule has 2 rings (SSSR count). The molecular weight excluding hydrogens is 350 g/mol. The highest BCUT2D eigenvalue weighted by Gasteiger charge is 2.21. The first kappa shape index (κ1) is 22.4.